The first-order valence-corrected chi connectivity index (χ1v) is 7.67. The fourth-order valence-electron chi connectivity index (χ4n) is 1.68. The average molecular weight is 268 g/mol. The number of nitrogens with zero attached hydrogens (tertiary/aromatic N) is 1. The Balaban J connectivity index is 2.22. The Morgan fingerprint density at radius 2 is 2.17 bits per heavy atom. The molecule has 18 heavy (non-hydrogen) atoms. The second kappa shape index (κ2) is 4.97. The number of fused-ring (bicyclic) bond motifs is 1. The van der Waals surface area contributed by atoms with E-state index in [2.05, 4.69) is 4.98 Å². The number of benzene rings is 1. The van der Waals surface area contributed by atoms with Gasteiger partial charge in [0, 0.05) is 5.69 Å². The average Bonchev–Trinajstić information content (AvgIpc) is 2.66. The van der Waals surface area contributed by atoms with Gasteiger partial charge in [-0.15, -0.1) is 0 Å². The zero-order valence-corrected chi connectivity index (χ0v) is 11.0. The molecule has 1 aromatic heterocycles. The lowest BCUT2D eigenvalue weighted by molar-refractivity contribution is 0.539. The van der Waals surface area contributed by atoms with E-state index in [4.69, 9.17) is 10.2 Å². The number of unbranched alkanes of at least 4 members (excludes halogenated alkanes) is 1. The molecule has 6 heteroatoms. The normalized spacial score (nSPS) is 12.1. The summed E-state index contributed by atoms with van der Waals surface area (Å²) in [7, 11) is -3.14. The largest absolute Gasteiger partial charge is 0.440 e. The van der Waals surface area contributed by atoms with Crippen molar-refractivity contribution < 1.29 is 12.8 Å². The van der Waals surface area contributed by atoms with Crippen LogP contribution in [-0.4, -0.2) is 19.2 Å². The number of sulfone groups is 1. The van der Waals surface area contributed by atoms with Crippen molar-refractivity contribution in [2.75, 3.05) is 11.5 Å². The first kappa shape index (κ1) is 12.9. The molecule has 0 atom stereocenters. The monoisotopic (exact) mass is 268 g/mol. The van der Waals surface area contributed by atoms with Gasteiger partial charge in [0.1, 0.15) is 11.3 Å². The Labute approximate surface area is 106 Å². The molecule has 0 unspecified atom stereocenters. The van der Waals surface area contributed by atoms with E-state index in [0.717, 1.165) is 6.42 Å². The molecule has 0 saturated heterocycles. The molecule has 2 aromatic rings. The lowest BCUT2D eigenvalue weighted by atomic mass is 10.3. The van der Waals surface area contributed by atoms with Crippen molar-refractivity contribution in [1.29, 1.82) is 0 Å². The summed E-state index contributed by atoms with van der Waals surface area (Å²) >= 11 is 0. The first-order chi connectivity index (χ1) is 8.50. The Bertz CT molecular complexity index is 646. The maximum Gasteiger partial charge on any atom is 0.210 e. The quantitative estimate of drug-likeness (QED) is 0.839. The number of oxazole rings is 1. The minimum atomic E-state index is -3.14. The van der Waals surface area contributed by atoms with Gasteiger partial charge < -0.3 is 10.2 Å². The number of hydrogen-bond donors (Lipinski definition) is 1. The van der Waals surface area contributed by atoms with Crippen LogP contribution in [0, 0.1) is 0 Å². The first-order valence-electron chi connectivity index (χ1n) is 5.85. The highest BCUT2D eigenvalue weighted by Crippen LogP contribution is 2.19. The molecule has 0 saturated carbocycles. The van der Waals surface area contributed by atoms with Crippen LogP contribution in [0.2, 0.25) is 0 Å². The van der Waals surface area contributed by atoms with Gasteiger partial charge in [-0.2, -0.15) is 0 Å². The minimum Gasteiger partial charge on any atom is -0.440 e. The van der Waals surface area contributed by atoms with Crippen LogP contribution >= 0.6 is 0 Å². The zero-order chi connectivity index (χ0) is 13.2. The van der Waals surface area contributed by atoms with Crippen molar-refractivity contribution in [1.82, 2.24) is 4.98 Å². The van der Waals surface area contributed by atoms with Crippen molar-refractivity contribution in [3.8, 4) is 0 Å². The third-order valence-electron chi connectivity index (χ3n) is 2.61. The van der Waals surface area contributed by atoms with Gasteiger partial charge in [0.2, 0.25) is 5.89 Å². The molecule has 0 aliphatic rings. The van der Waals surface area contributed by atoms with Gasteiger partial charge in [0.15, 0.2) is 15.4 Å². The van der Waals surface area contributed by atoms with Crippen LogP contribution in [0.15, 0.2) is 22.6 Å². The molecule has 2 rings (SSSR count). The van der Waals surface area contributed by atoms with Crippen LogP contribution < -0.4 is 5.73 Å². The topological polar surface area (TPSA) is 86.2 Å². The fourth-order valence-corrected chi connectivity index (χ4v) is 3.05. The maximum absolute atomic E-state index is 11.8. The summed E-state index contributed by atoms with van der Waals surface area (Å²) in [5, 5.41) is 0. The smallest absolute Gasteiger partial charge is 0.210 e. The standard InChI is InChI=1S/C12H16N2O3S/c1-2-3-6-18(15,16)8-12-14-10-7-9(13)4-5-11(10)17-12/h4-5,7H,2-3,6,8,13H2,1H3. The van der Waals surface area contributed by atoms with Crippen LogP contribution in [0.4, 0.5) is 5.69 Å². The van der Waals surface area contributed by atoms with Gasteiger partial charge >= 0.3 is 0 Å². The molecule has 0 aliphatic carbocycles. The Hall–Kier alpha value is -1.56. The van der Waals surface area contributed by atoms with Gasteiger partial charge in [-0.25, -0.2) is 13.4 Å². The predicted molar refractivity (Wildman–Crippen MR) is 70.8 cm³/mol. The van der Waals surface area contributed by atoms with E-state index in [1.54, 1.807) is 18.2 Å². The molecule has 2 N–H and O–H groups in total. The second-order valence-corrected chi connectivity index (χ2v) is 6.46. The van der Waals surface area contributed by atoms with Crippen molar-refractivity contribution in [2.24, 2.45) is 0 Å². The van der Waals surface area contributed by atoms with E-state index < -0.39 is 9.84 Å². The number of nitrogen functional groups attached to an aromatic ring is 1. The molecular formula is C12H16N2O3S. The zero-order valence-electron chi connectivity index (χ0n) is 10.2. The van der Waals surface area contributed by atoms with E-state index >= 15 is 0 Å². The number of aromatic nitrogens is 1. The van der Waals surface area contributed by atoms with E-state index in [1.807, 2.05) is 6.92 Å². The summed E-state index contributed by atoms with van der Waals surface area (Å²) in [4.78, 5) is 4.14. The second-order valence-electron chi connectivity index (χ2n) is 4.28. The maximum atomic E-state index is 11.8. The number of hydrogen-bond acceptors (Lipinski definition) is 5. The summed E-state index contributed by atoms with van der Waals surface area (Å²) in [5.41, 5.74) is 7.36. The van der Waals surface area contributed by atoms with Crippen LogP contribution in [0.5, 0.6) is 0 Å². The molecular weight excluding hydrogens is 252 g/mol. The van der Waals surface area contributed by atoms with Gasteiger partial charge in [-0.05, 0) is 24.6 Å². The summed E-state index contributed by atoms with van der Waals surface area (Å²) in [6.45, 7) is 1.96. The predicted octanol–water partition coefficient (Wildman–Crippen LogP) is 2.12. The fraction of sp³-hybridized carbons (Fsp3) is 0.417. The molecule has 0 aliphatic heterocycles. The molecule has 0 spiro atoms. The van der Waals surface area contributed by atoms with Gasteiger partial charge in [0.25, 0.3) is 0 Å². The molecule has 0 fully saturated rings. The minimum absolute atomic E-state index is 0.151. The molecule has 0 bridgehead atoms. The van der Waals surface area contributed by atoms with Gasteiger partial charge in [-0.1, -0.05) is 13.3 Å². The van der Waals surface area contributed by atoms with Crippen molar-refractivity contribution in [3.05, 3.63) is 24.1 Å². The van der Waals surface area contributed by atoms with Crippen LogP contribution in [0.1, 0.15) is 25.7 Å². The number of nitrogens with two attached hydrogens (primary N) is 1. The number of rotatable bonds is 5. The van der Waals surface area contributed by atoms with Crippen LogP contribution in [0.3, 0.4) is 0 Å². The van der Waals surface area contributed by atoms with Crippen LogP contribution in [-0.2, 0) is 15.6 Å². The molecule has 0 amide bonds. The highest BCUT2D eigenvalue weighted by Gasteiger charge is 2.16. The van der Waals surface area contributed by atoms with Gasteiger partial charge in [-0.3, -0.25) is 0 Å². The van der Waals surface area contributed by atoms with Crippen molar-refractivity contribution in [2.45, 2.75) is 25.5 Å². The summed E-state index contributed by atoms with van der Waals surface area (Å²) in [5.74, 6) is 0.248. The van der Waals surface area contributed by atoms with Crippen LogP contribution in [0.25, 0.3) is 11.1 Å². The van der Waals surface area contributed by atoms with E-state index in [0.29, 0.717) is 23.2 Å². The third kappa shape index (κ3) is 3.01. The summed E-state index contributed by atoms with van der Waals surface area (Å²) in [6.07, 6.45) is 1.51. The Morgan fingerprint density at radius 3 is 2.89 bits per heavy atom. The van der Waals surface area contributed by atoms with E-state index in [9.17, 15) is 8.42 Å². The SMILES string of the molecule is CCCCS(=O)(=O)Cc1nc2cc(N)ccc2o1. The van der Waals surface area contributed by atoms with E-state index in [-0.39, 0.29) is 17.4 Å². The Morgan fingerprint density at radius 1 is 1.39 bits per heavy atom. The molecule has 98 valence electrons. The van der Waals surface area contributed by atoms with Crippen molar-refractivity contribution >= 4 is 26.6 Å². The molecule has 1 heterocycles. The lowest BCUT2D eigenvalue weighted by Gasteiger charge is -1.99. The van der Waals surface area contributed by atoms with Gasteiger partial charge in [0.05, 0.1) is 5.75 Å². The summed E-state index contributed by atoms with van der Waals surface area (Å²) < 4.78 is 28.9. The highest BCUT2D eigenvalue weighted by molar-refractivity contribution is 7.90. The molecule has 5 nitrogen and oxygen atoms in total. The summed E-state index contributed by atoms with van der Waals surface area (Å²) in [6, 6.07) is 5.06. The third-order valence-corrected chi connectivity index (χ3v) is 4.21. The Kier molecular flexibility index (Phi) is 3.56. The lowest BCUT2D eigenvalue weighted by Crippen LogP contribution is -2.09. The highest BCUT2D eigenvalue weighted by atomic mass is 32.2. The van der Waals surface area contributed by atoms with Crippen molar-refractivity contribution in [3.63, 3.8) is 0 Å². The molecule has 0 radical (unpaired) electrons. The molecule has 1 aromatic carbocycles. The van der Waals surface area contributed by atoms with E-state index in [1.165, 1.54) is 0 Å². The number of anilines is 1.